The van der Waals surface area contributed by atoms with Crippen molar-refractivity contribution in [3.8, 4) is 5.75 Å². The van der Waals surface area contributed by atoms with Gasteiger partial charge in [0.1, 0.15) is 19.0 Å². The summed E-state index contributed by atoms with van der Waals surface area (Å²) in [6, 6.07) is 13.3. The van der Waals surface area contributed by atoms with E-state index in [2.05, 4.69) is 5.32 Å². The summed E-state index contributed by atoms with van der Waals surface area (Å²) in [5.41, 5.74) is 6.81. The number of amides is 2. The number of nitrogens with two attached hydrogens (primary N) is 1. The van der Waals surface area contributed by atoms with Gasteiger partial charge in [-0.3, -0.25) is 0 Å². The summed E-state index contributed by atoms with van der Waals surface area (Å²) >= 11 is 0. The first-order chi connectivity index (χ1) is 11.1. The molecule has 0 atom stereocenters. The molecule has 0 bridgehead atoms. The molecule has 0 radical (unpaired) electrons. The Balaban J connectivity index is 1.83. The molecule has 6 nitrogen and oxygen atoms in total. The fraction of sp³-hybridized carbons (Fsp3) is 0.176. The molecule has 2 amide bonds. The third kappa shape index (κ3) is 5.03. The standard InChI is InChI=1S/C17H18N2O4/c1-12-5-2-3-8-15(12)22-9-10-23-16(20)13-6-4-7-14(11-13)19-17(18)21/h2-8,11H,9-10H2,1H3,(H3,18,19,21). The van der Waals surface area contributed by atoms with E-state index in [0.717, 1.165) is 11.3 Å². The first-order valence-electron chi connectivity index (χ1n) is 7.08. The van der Waals surface area contributed by atoms with Crippen LogP contribution < -0.4 is 15.8 Å². The number of urea groups is 1. The number of primary amides is 1. The summed E-state index contributed by atoms with van der Waals surface area (Å²) in [7, 11) is 0. The molecule has 0 fully saturated rings. The number of anilines is 1. The van der Waals surface area contributed by atoms with Crippen LogP contribution >= 0.6 is 0 Å². The van der Waals surface area contributed by atoms with Crippen LogP contribution in [0.1, 0.15) is 15.9 Å². The second kappa shape index (κ2) is 7.84. The van der Waals surface area contributed by atoms with Crippen molar-refractivity contribution in [3.05, 3.63) is 59.7 Å². The molecule has 0 aliphatic heterocycles. The molecule has 120 valence electrons. The zero-order chi connectivity index (χ0) is 16.7. The molecule has 0 unspecified atom stereocenters. The molecule has 0 aliphatic carbocycles. The van der Waals surface area contributed by atoms with Crippen molar-refractivity contribution in [2.45, 2.75) is 6.92 Å². The van der Waals surface area contributed by atoms with Gasteiger partial charge in [-0.2, -0.15) is 0 Å². The fourth-order valence-electron chi connectivity index (χ4n) is 1.95. The Morgan fingerprint density at radius 2 is 1.87 bits per heavy atom. The van der Waals surface area contributed by atoms with Gasteiger partial charge in [0.2, 0.25) is 0 Å². The molecule has 0 saturated heterocycles. The predicted octanol–water partition coefficient (Wildman–Crippen LogP) is 2.72. The Bertz CT molecular complexity index is 700. The second-order valence-corrected chi connectivity index (χ2v) is 4.82. The summed E-state index contributed by atoms with van der Waals surface area (Å²) in [5.74, 6) is 0.266. The summed E-state index contributed by atoms with van der Waals surface area (Å²) in [6.45, 7) is 2.33. The summed E-state index contributed by atoms with van der Waals surface area (Å²) in [4.78, 5) is 22.7. The van der Waals surface area contributed by atoms with Crippen molar-refractivity contribution in [2.75, 3.05) is 18.5 Å². The second-order valence-electron chi connectivity index (χ2n) is 4.82. The lowest BCUT2D eigenvalue weighted by Crippen LogP contribution is -2.19. The van der Waals surface area contributed by atoms with Gasteiger partial charge in [-0.15, -0.1) is 0 Å². The molecule has 0 aliphatic rings. The number of para-hydroxylation sites is 1. The minimum absolute atomic E-state index is 0.126. The average Bonchev–Trinajstić information content (AvgIpc) is 2.52. The first kappa shape index (κ1) is 16.4. The molecular weight excluding hydrogens is 296 g/mol. The summed E-state index contributed by atoms with van der Waals surface area (Å²) in [5, 5.41) is 2.40. The van der Waals surface area contributed by atoms with Gasteiger partial charge in [-0.25, -0.2) is 9.59 Å². The van der Waals surface area contributed by atoms with Gasteiger partial charge < -0.3 is 20.5 Å². The van der Waals surface area contributed by atoms with E-state index in [1.807, 2.05) is 31.2 Å². The molecule has 0 heterocycles. The van der Waals surface area contributed by atoms with Gasteiger partial charge >= 0.3 is 12.0 Å². The number of aryl methyl sites for hydroxylation is 1. The zero-order valence-electron chi connectivity index (χ0n) is 12.7. The Kier molecular flexibility index (Phi) is 5.57. The molecule has 0 spiro atoms. The molecule has 2 aromatic carbocycles. The van der Waals surface area contributed by atoms with Crippen LogP contribution in [0.4, 0.5) is 10.5 Å². The van der Waals surface area contributed by atoms with Crippen molar-refractivity contribution >= 4 is 17.7 Å². The zero-order valence-corrected chi connectivity index (χ0v) is 12.7. The normalized spacial score (nSPS) is 9.96. The highest BCUT2D eigenvalue weighted by atomic mass is 16.6. The van der Waals surface area contributed by atoms with E-state index in [-0.39, 0.29) is 13.2 Å². The Morgan fingerprint density at radius 1 is 1.09 bits per heavy atom. The molecule has 6 heteroatoms. The lowest BCUT2D eigenvalue weighted by Gasteiger charge is -2.10. The average molecular weight is 314 g/mol. The number of carbonyl (C=O) groups is 2. The van der Waals surface area contributed by atoms with Crippen LogP contribution in [-0.4, -0.2) is 25.2 Å². The van der Waals surface area contributed by atoms with Crippen LogP contribution in [0.25, 0.3) is 0 Å². The highest BCUT2D eigenvalue weighted by Crippen LogP contribution is 2.16. The quantitative estimate of drug-likeness (QED) is 0.633. The van der Waals surface area contributed by atoms with Crippen LogP contribution in [0.15, 0.2) is 48.5 Å². The summed E-state index contributed by atoms with van der Waals surface area (Å²) < 4.78 is 10.7. The van der Waals surface area contributed by atoms with E-state index in [1.54, 1.807) is 18.2 Å². The minimum atomic E-state index is -0.692. The van der Waals surface area contributed by atoms with Crippen LogP contribution in [0.5, 0.6) is 5.75 Å². The van der Waals surface area contributed by atoms with Gasteiger partial charge in [0, 0.05) is 5.69 Å². The Labute approximate surface area is 134 Å². The number of rotatable bonds is 6. The smallest absolute Gasteiger partial charge is 0.338 e. The van der Waals surface area contributed by atoms with Gasteiger partial charge in [-0.05, 0) is 36.8 Å². The van der Waals surface area contributed by atoms with Crippen molar-refractivity contribution in [1.82, 2.24) is 0 Å². The number of carbonyl (C=O) groups excluding carboxylic acids is 2. The number of hydrogen-bond donors (Lipinski definition) is 2. The van der Waals surface area contributed by atoms with E-state index in [1.165, 1.54) is 6.07 Å². The summed E-state index contributed by atoms with van der Waals surface area (Å²) in [6.07, 6.45) is 0. The monoisotopic (exact) mass is 314 g/mol. The van der Waals surface area contributed by atoms with Crippen molar-refractivity contribution < 1.29 is 19.1 Å². The van der Waals surface area contributed by atoms with Crippen LogP contribution in [0.2, 0.25) is 0 Å². The molecule has 0 aromatic heterocycles. The largest absolute Gasteiger partial charge is 0.490 e. The van der Waals surface area contributed by atoms with E-state index in [0.29, 0.717) is 11.3 Å². The van der Waals surface area contributed by atoms with Crippen molar-refractivity contribution in [2.24, 2.45) is 5.73 Å². The topological polar surface area (TPSA) is 90.7 Å². The van der Waals surface area contributed by atoms with Gasteiger partial charge in [-0.1, -0.05) is 24.3 Å². The SMILES string of the molecule is Cc1ccccc1OCCOC(=O)c1cccc(NC(N)=O)c1. The Hall–Kier alpha value is -3.02. The van der Waals surface area contributed by atoms with Crippen LogP contribution in [0.3, 0.4) is 0 Å². The van der Waals surface area contributed by atoms with Crippen molar-refractivity contribution in [1.29, 1.82) is 0 Å². The van der Waals surface area contributed by atoms with Gasteiger partial charge in [0.25, 0.3) is 0 Å². The Morgan fingerprint density at radius 3 is 2.61 bits per heavy atom. The third-order valence-electron chi connectivity index (χ3n) is 3.03. The number of esters is 1. The molecule has 2 aromatic rings. The molecule has 3 N–H and O–H groups in total. The molecular formula is C17H18N2O4. The molecule has 23 heavy (non-hydrogen) atoms. The van der Waals surface area contributed by atoms with E-state index in [4.69, 9.17) is 15.2 Å². The third-order valence-corrected chi connectivity index (χ3v) is 3.03. The maximum atomic E-state index is 11.9. The van der Waals surface area contributed by atoms with Crippen LogP contribution in [0, 0.1) is 6.92 Å². The number of nitrogens with one attached hydrogen (secondary N) is 1. The van der Waals surface area contributed by atoms with Crippen molar-refractivity contribution in [3.63, 3.8) is 0 Å². The number of benzene rings is 2. The number of ether oxygens (including phenoxy) is 2. The van der Waals surface area contributed by atoms with E-state index < -0.39 is 12.0 Å². The number of hydrogen-bond acceptors (Lipinski definition) is 4. The maximum absolute atomic E-state index is 11.9. The van der Waals surface area contributed by atoms with Gasteiger partial charge in [0.05, 0.1) is 5.56 Å². The van der Waals surface area contributed by atoms with Gasteiger partial charge in [0.15, 0.2) is 0 Å². The van der Waals surface area contributed by atoms with E-state index >= 15 is 0 Å². The highest BCUT2D eigenvalue weighted by molar-refractivity contribution is 5.93. The van der Waals surface area contributed by atoms with Crippen LogP contribution in [-0.2, 0) is 4.74 Å². The molecule has 0 saturated carbocycles. The molecule has 2 rings (SSSR count). The fourth-order valence-corrected chi connectivity index (χ4v) is 1.95. The first-order valence-corrected chi connectivity index (χ1v) is 7.08. The lowest BCUT2D eigenvalue weighted by molar-refractivity contribution is 0.0450. The maximum Gasteiger partial charge on any atom is 0.338 e. The minimum Gasteiger partial charge on any atom is -0.490 e. The highest BCUT2D eigenvalue weighted by Gasteiger charge is 2.08. The lowest BCUT2D eigenvalue weighted by atomic mass is 10.2. The van der Waals surface area contributed by atoms with E-state index in [9.17, 15) is 9.59 Å². The predicted molar refractivity (Wildman–Crippen MR) is 86.6 cm³/mol.